The van der Waals surface area contributed by atoms with Crippen molar-refractivity contribution in [2.24, 2.45) is 0 Å². The molecule has 7 nitrogen and oxygen atoms in total. The Kier molecular flexibility index (Phi) is 6.73. The maximum absolute atomic E-state index is 12.6. The lowest BCUT2D eigenvalue weighted by molar-refractivity contribution is 0.101. The first-order valence-corrected chi connectivity index (χ1v) is 9.38. The Bertz CT molecular complexity index is 950. The molecule has 0 radical (unpaired) electrons. The van der Waals surface area contributed by atoms with Crippen molar-refractivity contribution in [3.63, 3.8) is 0 Å². The van der Waals surface area contributed by atoms with Crippen LogP contribution in [0.2, 0.25) is 0 Å². The Morgan fingerprint density at radius 3 is 2.48 bits per heavy atom. The normalized spacial score (nSPS) is 10.4. The summed E-state index contributed by atoms with van der Waals surface area (Å²) in [6.07, 6.45) is 2.10. The van der Waals surface area contributed by atoms with E-state index in [1.165, 1.54) is 7.11 Å². The quantitative estimate of drug-likeness (QED) is 0.524. The van der Waals surface area contributed by atoms with Gasteiger partial charge in [-0.15, -0.1) is 0 Å². The Morgan fingerprint density at radius 2 is 1.79 bits per heavy atom. The highest BCUT2D eigenvalue weighted by Crippen LogP contribution is 2.30. The second-order valence-electron chi connectivity index (χ2n) is 6.32. The molecule has 0 bridgehead atoms. The van der Waals surface area contributed by atoms with Crippen molar-refractivity contribution in [1.29, 1.82) is 0 Å². The molecule has 0 aliphatic heterocycles. The molecule has 0 unspecified atom stereocenters. The van der Waals surface area contributed by atoms with Gasteiger partial charge in [0, 0.05) is 17.7 Å². The largest absolute Gasteiger partial charge is 0.497 e. The molecule has 1 heterocycles. The number of amides is 1. The molecule has 0 fully saturated rings. The van der Waals surface area contributed by atoms with Crippen LogP contribution in [0.25, 0.3) is 11.3 Å². The van der Waals surface area contributed by atoms with Gasteiger partial charge in [0.1, 0.15) is 17.2 Å². The monoisotopic (exact) mass is 396 g/mol. The summed E-state index contributed by atoms with van der Waals surface area (Å²) in [5.41, 5.74) is 1.45. The molecule has 29 heavy (non-hydrogen) atoms. The molecule has 152 valence electrons. The molecule has 3 aromatic rings. The zero-order valence-electron chi connectivity index (χ0n) is 16.7. The van der Waals surface area contributed by atoms with Crippen LogP contribution in [-0.2, 0) is 0 Å². The fraction of sp³-hybridized carbons (Fsp3) is 0.273. The van der Waals surface area contributed by atoms with Gasteiger partial charge in [0.15, 0.2) is 11.5 Å². The number of ether oxygens (including phenoxy) is 3. The van der Waals surface area contributed by atoms with Gasteiger partial charge in [-0.2, -0.15) is 0 Å². The number of nitrogens with one attached hydrogen (secondary N) is 1. The van der Waals surface area contributed by atoms with E-state index < -0.39 is 5.91 Å². The number of hydrogen-bond acceptors (Lipinski definition) is 6. The van der Waals surface area contributed by atoms with Crippen LogP contribution in [0.3, 0.4) is 0 Å². The summed E-state index contributed by atoms with van der Waals surface area (Å²) in [5.74, 6) is 1.99. The summed E-state index contributed by atoms with van der Waals surface area (Å²) >= 11 is 0. The Labute approximate surface area is 169 Å². The fourth-order valence-electron chi connectivity index (χ4n) is 2.67. The van der Waals surface area contributed by atoms with E-state index in [0.29, 0.717) is 29.6 Å². The lowest BCUT2D eigenvalue weighted by atomic mass is 10.1. The smallest absolute Gasteiger partial charge is 0.277 e. The number of rotatable bonds is 9. The van der Waals surface area contributed by atoms with Crippen LogP contribution in [0.4, 0.5) is 5.69 Å². The Morgan fingerprint density at radius 1 is 1.03 bits per heavy atom. The lowest BCUT2D eigenvalue weighted by Gasteiger charge is -2.10. The first-order chi connectivity index (χ1) is 14.1. The molecular formula is C22H24N2O5. The molecule has 0 spiro atoms. The van der Waals surface area contributed by atoms with Gasteiger partial charge < -0.3 is 24.1 Å². The molecule has 1 N–H and O–H groups in total. The average Bonchev–Trinajstić information content (AvgIpc) is 3.25. The number of nitrogens with zero attached hydrogens (tertiary/aromatic N) is 1. The van der Waals surface area contributed by atoms with Crippen LogP contribution in [0, 0.1) is 0 Å². The highest BCUT2D eigenvalue weighted by molar-refractivity contribution is 6.04. The van der Waals surface area contributed by atoms with Crippen molar-refractivity contribution in [2.45, 2.75) is 19.8 Å². The summed E-state index contributed by atoms with van der Waals surface area (Å²) in [6.45, 7) is 2.81. The SMILES string of the molecule is CCCCOc1ccc(-c2cc(C(=O)Nc3cc(OC)ccc3OC)no2)cc1. The second kappa shape index (κ2) is 9.64. The first-order valence-electron chi connectivity index (χ1n) is 9.38. The van der Waals surface area contributed by atoms with E-state index in [0.717, 1.165) is 24.2 Å². The van der Waals surface area contributed by atoms with Gasteiger partial charge in [-0.25, -0.2) is 0 Å². The summed E-state index contributed by atoms with van der Waals surface area (Å²) in [6, 6.07) is 14.2. The summed E-state index contributed by atoms with van der Waals surface area (Å²) < 4.78 is 21.5. The number of carbonyl (C=O) groups is 1. The maximum atomic E-state index is 12.6. The molecule has 0 atom stereocenters. The number of benzene rings is 2. The third-order valence-corrected chi connectivity index (χ3v) is 4.30. The van der Waals surface area contributed by atoms with Gasteiger partial charge in [-0.05, 0) is 42.8 Å². The number of hydrogen-bond donors (Lipinski definition) is 1. The molecule has 1 amide bonds. The summed E-state index contributed by atoms with van der Waals surface area (Å²) in [4.78, 5) is 12.6. The van der Waals surface area contributed by atoms with Crippen LogP contribution < -0.4 is 19.5 Å². The molecule has 0 aliphatic carbocycles. The molecule has 7 heteroatoms. The van der Waals surface area contributed by atoms with Crippen molar-refractivity contribution in [3.8, 4) is 28.6 Å². The van der Waals surface area contributed by atoms with E-state index in [-0.39, 0.29) is 5.69 Å². The van der Waals surface area contributed by atoms with Gasteiger partial charge in [-0.3, -0.25) is 4.79 Å². The lowest BCUT2D eigenvalue weighted by Crippen LogP contribution is -2.13. The highest BCUT2D eigenvalue weighted by atomic mass is 16.5. The van der Waals surface area contributed by atoms with Crippen molar-refractivity contribution in [1.82, 2.24) is 5.16 Å². The Hall–Kier alpha value is -3.48. The zero-order chi connectivity index (χ0) is 20.6. The highest BCUT2D eigenvalue weighted by Gasteiger charge is 2.16. The average molecular weight is 396 g/mol. The van der Waals surface area contributed by atoms with Gasteiger partial charge in [-0.1, -0.05) is 18.5 Å². The van der Waals surface area contributed by atoms with Crippen molar-refractivity contribution < 1.29 is 23.5 Å². The minimum atomic E-state index is -0.411. The summed E-state index contributed by atoms with van der Waals surface area (Å²) in [7, 11) is 3.08. The number of unbranched alkanes of at least 4 members (excludes halogenated alkanes) is 1. The minimum Gasteiger partial charge on any atom is -0.497 e. The number of methoxy groups -OCH3 is 2. The first kappa shape index (κ1) is 20.3. The topological polar surface area (TPSA) is 82.8 Å². The van der Waals surface area contributed by atoms with Crippen molar-refractivity contribution in [2.75, 3.05) is 26.1 Å². The number of carbonyl (C=O) groups excluding carboxylic acids is 1. The van der Waals surface area contributed by atoms with E-state index >= 15 is 0 Å². The minimum absolute atomic E-state index is 0.160. The van der Waals surface area contributed by atoms with E-state index in [4.69, 9.17) is 18.7 Å². The molecular weight excluding hydrogens is 372 g/mol. The van der Waals surface area contributed by atoms with Crippen molar-refractivity contribution >= 4 is 11.6 Å². The number of aromatic nitrogens is 1. The fourth-order valence-corrected chi connectivity index (χ4v) is 2.67. The van der Waals surface area contributed by atoms with Gasteiger partial charge in [0.05, 0.1) is 26.5 Å². The maximum Gasteiger partial charge on any atom is 0.277 e. The standard InChI is InChI=1S/C22H24N2O5/c1-4-5-12-28-16-8-6-15(7-9-16)21-14-19(24-29-21)22(25)23-18-13-17(26-2)10-11-20(18)27-3/h6-11,13-14H,4-5,12H2,1-3H3,(H,23,25). The Balaban J connectivity index is 1.70. The number of anilines is 1. The van der Waals surface area contributed by atoms with E-state index in [2.05, 4.69) is 17.4 Å². The van der Waals surface area contributed by atoms with Crippen molar-refractivity contribution in [3.05, 3.63) is 54.2 Å². The summed E-state index contributed by atoms with van der Waals surface area (Å²) in [5, 5.41) is 6.65. The van der Waals surface area contributed by atoms with E-state index in [9.17, 15) is 4.79 Å². The third kappa shape index (κ3) is 5.07. The molecule has 0 saturated heterocycles. The second-order valence-corrected chi connectivity index (χ2v) is 6.32. The van der Waals surface area contributed by atoms with Crippen LogP contribution in [-0.4, -0.2) is 31.9 Å². The predicted octanol–water partition coefficient (Wildman–Crippen LogP) is 4.79. The zero-order valence-corrected chi connectivity index (χ0v) is 16.7. The van der Waals surface area contributed by atoms with Gasteiger partial charge >= 0.3 is 0 Å². The van der Waals surface area contributed by atoms with E-state index in [1.807, 2.05) is 24.3 Å². The van der Waals surface area contributed by atoms with Crippen LogP contribution >= 0.6 is 0 Å². The van der Waals surface area contributed by atoms with Gasteiger partial charge in [0.2, 0.25) is 0 Å². The third-order valence-electron chi connectivity index (χ3n) is 4.30. The van der Waals surface area contributed by atoms with Crippen LogP contribution in [0.1, 0.15) is 30.3 Å². The molecule has 3 rings (SSSR count). The molecule has 1 aromatic heterocycles. The van der Waals surface area contributed by atoms with Crippen LogP contribution in [0.5, 0.6) is 17.2 Å². The molecule has 0 aliphatic rings. The van der Waals surface area contributed by atoms with E-state index in [1.54, 1.807) is 31.4 Å². The molecule has 2 aromatic carbocycles. The molecule has 0 saturated carbocycles. The van der Waals surface area contributed by atoms with Crippen LogP contribution in [0.15, 0.2) is 53.1 Å². The predicted molar refractivity (Wildman–Crippen MR) is 110 cm³/mol. The van der Waals surface area contributed by atoms with Gasteiger partial charge in [0.25, 0.3) is 5.91 Å².